The second-order valence-electron chi connectivity index (χ2n) is 2.23. The number of ether oxygens (including phenoxy) is 1. The minimum atomic E-state index is 0.123. The first-order valence-corrected chi connectivity index (χ1v) is 4.35. The molecule has 0 amide bonds. The standard InChI is InChI=1S/C8H10BrNO2/c9-6-2-1-3-7(11)8(6)12-5-4-10/h1-3,11H,4-5,10H2. The number of rotatable bonds is 3. The number of nitrogens with two attached hydrogens (primary N) is 1. The van der Waals surface area contributed by atoms with Crippen LogP contribution in [-0.4, -0.2) is 18.3 Å². The summed E-state index contributed by atoms with van der Waals surface area (Å²) in [6.07, 6.45) is 0. The van der Waals surface area contributed by atoms with Crippen LogP contribution in [0.5, 0.6) is 11.5 Å². The topological polar surface area (TPSA) is 55.5 Å². The summed E-state index contributed by atoms with van der Waals surface area (Å²) < 4.78 is 5.93. The van der Waals surface area contributed by atoms with Crippen LogP contribution < -0.4 is 10.5 Å². The minimum Gasteiger partial charge on any atom is -0.504 e. The summed E-state index contributed by atoms with van der Waals surface area (Å²) in [5.41, 5.74) is 5.25. The fraction of sp³-hybridized carbons (Fsp3) is 0.250. The van der Waals surface area contributed by atoms with Gasteiger partial charge < -0.3 is 15.6 Å². The molecule has 1 aromatic rings. The average Bonchev–Trinajstić information content (AvgIpc) is 2.04. The van der Waals surface area contributed by atoms with Crippen molar-refractivity contribution in [3.63, 3.8) is 0 Å². The Kier molecular flexibility index (Phi) is 3.37. The third kappa shape index (κ3) is 2.12. The summed E-state index contributed by atoms with van der Waals surface area (Å²) >= 11 is 3.25. The molecular weight excluding hydrogens is 222 g/mol. The van der Waals surface area contributed by atoms with Crippen LogP contribution in [0, 0.1) is 0 Å². The second kappa shape index (κ2) is 4.33. The van der Waals surface area contributed by atoms with Crippen molar-refractivity contribution in [1.82, 2.24) is 0 Å². The highest BCUT2D eigenvalue weighted by molar-refractivity contribution is 9.10. The lowest BCUT2D eigenvalue weighted by Gasteiger charge is -2.07. The largest absolute Gasteiger partial charge is 0.504 e. The van der Waals surface area contributed by atoms with Crippen LogP contribution in [0.1, 0.15) is 0 Å². The van der Waals surface area contributed by atoms with Crippen LogP contribution in [0.25, 0.3) is 0 Å². The predicted octanol–water partition coefficient (Wildman–Crippen LogP) is 1.49. The van der Waals surface area contributed by atoms with Crippen molar-refractivity contribution in [3.05, 3.63) is 22.7 Å². The van der Waals surface area contributed by atoms with Crippen molar-refractivity contribution in [2.75, 3.05) is 13.2 Å². The number of hydrogen-bond donors (Lipinski definition) is 2. The SMILES string of the molecule is NCCOc1c(O)cccc1Br. The zero-order valence-corrected chi connectivity index (χ0v) is 8.04. The summed E-state index contributed by atoms with van der Waals surface area (Å²) in [7, 11) is 0. The number of phenolic OH excluding ortho intramolecular Hbond substituents is 1. The maximum absolute atomic E-state index is 9.32. The molecule has 0 bridgehead atoms. The summed E-state index contributed by atoms with van der Waals surface area (Å²) in [4.78, 5) is 0. The van der Waals surface area contributed by atoms with Gasteiger partial charge in [0.05, 0.1) is 4.47 Å². The Balaban J connectivity index is 2.81. The Morgan fingerprint density at radius 1 is 1.50 bits per heavy atom. The molecule has 0 aromatic heterocycles. The highest BCUT2D eigenvalue weighted by atomic mass is 79.9. The van der Waals surface area contributed by atoms with Crippen LogP contribution in [0.4, 0.5) is 0 Å². The predicted molar refractivity (Wildman–Crippen MR) is 50.4 cm³/mol. The lowest BCUT2D eigenvalue weighted by atomic mass is 10.3. The monoisotopic (exact) mass is 231 g/mol. The summed E-state index contributed by atoms with van der Waals surface area (Å²) in [5, 5.41) is 9.32. The van der Waals surface area contributed by atoms with Gasteiger partial charge in [-0.1, -0.05) is 6.07 Å². The van der Waals surface area contributed by atoms with Crippen molar-refractivity contribution >= 4 is 15.9 Å². The van der Waals surface area contributed by atoms with Gasteiger partial charge >= 0.3 is 0 Å². The van der Waals surface area contributed by atoms with E-state index in [0.29, 0.717) is 18.9 Å². The van der Waals surface area contributed by atoms with Gasteiger partial charge in [0.2, 0.25) is 0 Å². The first kappa shape index (κ1) is 9.35. The molecule has 0 saturated carbocycles. The molecule has 3 N–H and O–H groups in total. The lowest BCUT2D eigenvalue weighted by molar-refractivity contribution is 0.306. The van der Waals surface area contributed by atoms with Crippen LogP contribution in [0.3, 0.4) is 0 Å². The molecule has 0 aliphatic rings. The fourth-order valence-electron chi connectivity index (χ4n) is 0.801. The van der Waals surface area contributed by atoms with Crippen molar-refractivity contribution in [2.24, 2.45) is 5.73 Å². The van der Waals surface area contributed by atoms with Crippen LogP contribution in [0.2, 0.25) is 0 Å². The van der Waals surface area contributed by atoms with Crippen molar-refractivity contribution < 1.29 is 9.84 Å². The van der Waals surface area contributed by atoms with Gasteiger partial charge in [0.15, 0.2) is 11.5 Å². The maximum Gasteiger partial charge on any atom is 0.175 e. The van der Waals surface area contributed by atoms with Crippen LogP contribution in [-0.2, 0) is 0 Å². The van der Waals surface area contributed by atoms with Crippen LogP contribution >= 0.6 is 15.9 Å². The van der Waals surface area contributed by atoms with E-state index < -0.39 is 0 Å². The van der Waals surface area contributed by atoms with E-state index in [9.17, 15) is 5.11 Å². The van der Waals surface area contributed by atoms with Gasteiger partial charge in [0, 0.05) is 6.54 Å². The van der Waals surface area contributed by atoms with Gasteiger partial charge in [-0.25, -0.2) is 0 Å². The van der Waals surface area contributed by atoms with Gasteiger partial charge in [-0.2, -0.15) is 0 Å². The van der Waals surface area contributed by atoms with Gasteiger partial charge in [0.25, 0.3) is 0 Å². The molecule has 1 aromatic carbocycles. The number of benzene rings is 1. The molecule has 4 heteroatoms. The Labute approximate surface area is 79.3 Å². The molecule has 0 unspecified atom stereocenters. The first-order valence-electron chi connectivity index (χ1n) is 3.56. The third-order valence-corrected chi connectivity index (χ3v) is 1.93. The number of phenols is 1. The molecule has 3 nitrogen and oxygen atoms in total. The highest BCUT2D eigenvalue weighted by Crippen LogP contribution is 2.33. The summed E-state index contributed by atoms with van der Waals surface area (Å²) in [5.74, 6) is 0.570. The molecular formula is C8H10BrNO2. The smallest absolute Gasteiger partial charge is 0.175 e. The van der Waals surface area contributed by atoms with E-state index in [4.69, 9.17) is 10.5 Å². The van der Waals surface area contributed by atoms with E-state index in [2.05, 4.69) is 15.9 Å². The van der Waals surface area contributed by atoms with Gasteiger partial charge in [-0.15, -0.1) is 0 Å². The zero-order valence-electron chi connectivity index (χ0n) is 6.46. The maximum atomic E-state index is 9.32. The summed E-state index contributed by atoms with van der Waals surface area (Å²) in [6.45, 7) is 0.830. The van der Waals surface area contributed by atoms with E-state index >= 15 is 0 Å². The molecule has 0 radical (unpaired) electrons. The normalized spacial score (nSPS) is 9.83. The Morgan fingerprint density at radius 2 is 2.25 bits per heavy atom. The van der Waals surface area contributed by atoms with E-state index in [-0.39, 0.29) is 5.75 Å². The number of halogens is 1. The molecule has 0 fully saturated rings. The third-order valence-electron chi connectivity index (χ3n) is 1.31. The number of hydrogen-bond acceptors (Lipinski definition) is 3. The van der Waals surface area contributed by atoms with E-state index in [1.807, 2.05) is 0 Å². The second-order valence-corrected chi connectivity index (χ2v) is 3.08. The molecule has 12 heavy (non-hydrogen) atoms. The molecule has 0 saturated heterocycles. The average molecular weight is 232 g/mol. The summed E-state index contributed by atoms with van der Waals surface area (Å²) in [6, 6.07) is 5.09. The minimum absolute atomic E-state index is 0.123. The Hall–Kier alpha value is -0.740. The molecule has 0 aliphatic heterocycles. The van der Waals surface area contributed by atoms with E-state index in [0.717, 1.165) is 4.47 Å². The van der Waals surface area contributed by atoms with Gasteiger partial charge in [-0.05, 0) is 28.1 Å². The van der Waals surface area contributed by atoms with Gasteiger partial charge in [-0.3, -0.25) is 0 Å². The van der Waals surface area contributed by atoms with Crippen molar-refractivity contribution in [2.45, 2.75) is 0 Å². The molecule has 66 valence electrons. The lowest BCUT2D eigenvalue weighted by Crippen LogP contribution is -2.10. The highest BCUT2D eigenvalue weighted by Gasteiger charge is 2.05. The number of aromatic hydroxyl groups is 1. The van der Waals surface area contributed by atoms with Crippen molar-refractivity contribution in [1.29, 1.82) is 0 Å². The molecule has 0 spiro atoms. The van der Waals surface area contributed by atoms with Crippen LogP contribution in [0.15, 0.2) is 22.7 Å². The van der Waals surface area contributed by atoms with E-state index in [1.54, 1.807) is 18.2 Å². The fourth-order valence-corrected chi connectivity index (χ4v) is 1.27. The molecule has 0 aliphatic carbocycles. The Morgan fingerprint density at radius 3 is 2.83 bits per heavy atom. The molecule has 0 atom stereocenters. The number of para-hydroxylation sites is 1. The molecule has 1 rings (SSSR count). The molecule has 0 heterocycles. The Bertz CT molecular complexity index is 245. The van der Waals surface area contributed by atoms with Gasteiger partial charge in [0.1, 0.15) is 6.61 Å². The first-order chi connectivity index (χ1) is 5.75. The quantitative estimate of drug-likeness (QED) is 0.830. The van der Waals surface area contributed by atoms with Crippen molar-refractivity contribution in [3.8, 4) is 11.5 Å². The van der Waals surface area contributed by atoms with E-state index in [1.165, 1.54) is 0 Å². The zero-order chi connectivity index (χ0) is 8.97.